The highest BCUT2D eigenvalue weighted by Crippen LogP contribution is 2.14. The molecule has 0 fully saturated rings. The molecule has 0 aliphatic carbocycles. The molecule has 0 aliphatic rings. The summed E-state index contributed by atoms with van der Waals surface area (Å²) in [7, 11) is 3.53. The maximum atomic E-state index is 13.2. The Kier molecular flexibility index (Phi) is 10.6. The Morgan fingerprint density at radius 3 is 2.38 bits per heavy atom. The molecule has 2 aromatic rings. The van der Waals surface area contributed by atoms with Gasteiger partial charge in [-0.1, -0.05) is 6.92 Å². The van der Waals surface area contributed by atoms with Crippen LogP contribution in [0.4, 0.5) is 10.5 Å². The fourth-order valence-electron chi connectivity index (χ4n) is 3.34. The second kappa shape index (κ2) is 13.4. The molecule has 0 aliphatic heterocycles. The molecule has 1 atom stereocenters. The van der Waals surface area contributed by atoms with Gasteiger partial charge in [-0.3, -0.25) is 4.79 Å². The first-order valence-electron chi connectivity index (χ1n) is 11.5. The zero-order valence-corrected chi connectivity index (χ0v) is 20.7. The normalized spacial score (nSPS) is 11.6. The molecule has 0 radical (unpaired) electrons. The molecule has 1 unspecified atom stereocenters. The van der Waals surface area contributed by atoms with Crippen LogP contribution in [0.15, 0.2) is 42.6 Å². The van der Waals surface area contributed by atoms with Crippen LogP contribution in [0, 0.1) is 0 Å². The van der Waals surface area contributed by atoms with Crippen LogP contribution in [-0.4, -0.2) is 71.7 Å². The molecule has 34 heavy (non-hydrogen) atoms. The number of ether oxygens (including phenoxy) is 2. The van der Waals surface area contributed by atoms with Gasteiger partial charge < -0.3 is 29.2 Å². The molecule has 1 N–H and O–H groups in total. The average Bonchev–Trinajstić information content (AvgIpc) is 3.24. The van der Waals surface area contributed by atoms with Gasteiger partial charge in [-0.25, -0.2) is 9.59 Å². The van der Waals surface area contributed by atoms with Crippen molar-refractivity contribution >= 4 is 23.6 Å². The minimum Gasteiger partial charge on any atom is -0.462 e. The zero-order valence-electron chi connectivity index (χ0n) is 20.7. The molecule has 1 aromatic carbocycles. The number of aromatic nitrogens is 1. The number of nitrogens with one attached hydrogen (secondary N) is 1. The van der Waals surface area contributed by atoms with Crippen LogP contribution in [0.25, 0.3) is 0 Å². The smallest absolute Gasteiger partial charge is 0.338 e. The monoisotopic (exact) mass is 472 g/mol. The van der Waals surface area contributed by atoms with E-state index in [1.54, 1.807) is 43.2 Å². The van der Waals surface area contributed by atoms with Gasteiger partial charge in [0.25, 0.3) is 0 Å². The first kappa shape index (κ1) is 26.9. The quantitative estimate of drug-likeness (QED) is 0.477. The number of aryl methyl sites for hydroxylation is 1. The van der Waals surface area contributed by atoms with Crippen molar-refractivity contribution in [3.05, 3.63) is 53.9 Å². The molecule has 2 rings (SSSR count). The number of carbonyl (C=O) groups is 3. The van der Waals surface area contributed by atoms with E-state index in [1.807, 2.05) is 43.8 Å². The molecule has 0 saturated heterocycles. The first-order valence-corrected chi connectivity index (χ1v) is 11.5. The predicted octanol–water partition coefficient (Wildman–Crippen LogP) is 3.51. The van der Waals surface area contributed by atoms with Crippen molar-refractivity contribution in [1.82, 2.24) is 14.4 Å². The van der Waals surface area contributed by atoms with E-state index in [1.165, 1.54) is 4.90 Å². The summed E-state index contributed by atoms with van der Waals surface area (Å²) >= 11 is 0. The van der Waals surface area contributed by atoms with Crippen molar-refractivity contribution in [2.45, 2.75) is 39.8 Å². The van der Waals surface area contributed by atoms with Crippen molar-refractivity contribution in [3.8, 4) is 0 Å². The molecule has 0 saturated carbocycles. The van der Waals surface area contributed by atoms with Crippen LogP contribution in [0.1, 0.15) is 43.2 Å². The lowest BCUT2D eigenvalue weighted by molar-refractivity contribution is -0.133. The van der Waals surface area contributed by atoms with E-state index in [0.717, 1.165) is 5.69 Å². The fourth-order valence-corrected chi connectivity index (χ4v) is 3.34. The number of nitrogens with zero attached hydrogens (tertiary/aromatic N) is 3. The molecular weight excluding hydrogens is 436 g/mol. The largest absolute Gasteiger partial charge is 0.462 e. The third kappa shape index (κ3) is 7.62. The van der Waals surface area contributed by atoms with E-state index in [9.17, 15) is 14.4 Å². The number of hydrogen-bond acceptors (Lipinski definition) is 5. The highest BCUT2D eigenvalue weighted by molar-refractivity contribution is 5.94. The Morgan fingerprint density at radius 2 is 1.82 bits per heavy atom. The number of hydrogen-bond donors (Lipinski definition) is 1. The molecule has 186 valence electrons. The molecule has 0 spiro atoms. The van der Waals surface area contributed by atoms with Crippen LogP contribution < -0.4 is 5.32 Å². The Labute approximate surface area is 201 Å². The number of carbonyl (C=O) groups excluding carboxylic acids is 3. The van der Waals surface area contributed by atoms with Gasteiger partial charge in [0, 0.05) is 44.3 Å². The van der Waals surface area contributed by atoms with E-state index in [-0.39, 0.29) is 24.5 Å². The fraction of sp³-hybridized carbons (Fsp3) is 0.480. The lowest BCUT2D eigenvalue weighted by atomic mass is 10.2. The average molecular weight is 473 g/mol. The van der Waals surface area contributed by atoms with Crippen molar-refractivity contribution in [2.24, 2.45) is 7.05 Å². The lowest BCUT2D eigenvalue weighted by Crippen LogP contribution is -2.48. The van der Waals surface area contributed by atoms with Gasteiger partial charge in [-0.2, -0.15) is 0 Å². The number of anilines is 1. The molecule has 3 amide bonds. The molecule has 1 heterocycles. The van der Waals surface area contributed by atoms with Crippen molar-refractivity contribution < 1.29 is 23.9 Å². The summed E-state index contributed by atoms with van der Waals surface area (Å²) in [6, 6.07) is 9.84. The van der Waals surface area contributed by atoms with Crippen LogP contribution in [0.5, 0.6) is 0 Å². The second-order valence-electron chi connectivity index (χ2n) is 8.03. The summed E-state index contributed by atoms with van der Waals surface area (Å²) in [6.07, 6.45) is 2.62. The Hall–Kier alpha value is -3.33. The van der Waals surface area contributed by atoms with E-state index in [2.05, 4.69) is 5.32 Å². The van der Waals surface area contributed by atoms with Crippen LogP contribution in [0.2, 0.25) is 0 Å². The maximum Gasteiger partial charge on any atom is 0.338 e. The van der Waals surface area contributed by atoms with E-state index in [0.29, 0.717) is 44.0 Å². The number of urea groups is 1. The third-order valence-corrected chi connectivity index (χ3v) is 5.66. The van der Waals surface area contributed by atoms with Crippen LogP contribution in [-0.2, 0) is 27.9 Å². The standard InChI is InChI=1S/C25H36N4O5/c1-6-19(3)29(25(32)26-21-12-10-20(11-13-21)24(31)34-7-2)18-23(30)28(15-16-33-5)17-22-9-8-14-27(22)4/h8-14,19H,6-7,15-18H2,1-5H3,(H,26,32). The Balaban J connectivity index is 2.12. The summed E-state index contributed by atoms with van der Waals surface area (Å²) in [4.78, 5) is 41.4. The summed E-state index contributed by atoms with van der Waals surface area (Å²) < 4.78 is 12.1. The van der Waals surface area contributed by atoms with Gasteiger partial charge in [0.05, 0.1) is 25.3 Å². The maximum absolute atomic E-state index is 13.2. The van der Waals surface area contributed by atoms with E-state index < -0.39 is 5.97 Å². The van der Waals surface area contributed by atoms with Gasteiger partial charge in [0.1, 0.15) is 6.54 Å². The number of rotatable bonds is 12. The Bertz CT molecular complexity index is 941. The second-order valence-corrected chi connectivity index (χ2v) is 8.03. The summed E-state index contributed by atoms with van der Waals surface area (Å²) in [5, 5.41) is 2.83. The van der Waals surface area contributed by atoms with Crippen molar-refractivity contribution in [1.29, 1.82) is 0 Å². The summed E-state index contributed by atoms with van der Waals surface area (Å²) in [5.74, 6) is -0.576. The summed E-state index contributed by atoms with van der Waals surface area (Å²) in [6.45, 7) is 7.11. The molecular formula is C25H36N4O5. The molecule has 1 aromatic heterocycles. The SMILES string of the molecule is CCOC(=O)c1ccc(NC(=O)N(CC(=O)N(CCOC)Cc2cccn2C)C(C)CC)cc1. The minimum atomic E-state index is -0.415. The summed E-state index contributed by atoms with van der Waals surface area (Å²) in [5.41, 5.74) is 1.92. The molecule has 0 bridgehead atoms. The lowest BCUT2D eigenvalue weighted by Gasteiger charge is -2.31. The Morgan fingerprint density at radius 1 is 1.12 bits per heavy atom. The number of methoxy groups -OCH3 is 1. The van der Waals surface area contributed by atoms with E-state index >= 15 is 0 Å². The van der Waals surface area contributed by atoms with E-state index in [4.69, 9.17) is 9.47 Å². The van der Waals surface area contributed by atoms with Gasteiger partial charge in [0.2, 0.25) is 5.91 Å². The van der Waals surface area contributed by atoms with Gasteiger partial charge in [-0.05, 0) is 56.7 Å². The predicted molar refractivity (Wildman–Crippen MR) is 131 cm³/mol. The topological polar surface area (TPSA) is 93.1 Å². The van der Waals surface area contributed by atoms with Crippen LogP contribution in [0.3, 0.4) is 0 Å². The number of amides is 3. The number of esters is 1. The number of benzene rings is 1. The van der Waals surface area contributed by atoms with Gasteiger partial charge in [0.15, 0.2) is 0 Å². The zero-order chi connectivity index (χ0) is 25.1. The van der Waals surface area contributed by atoms with Gasteiger partial charge in [-0.15, -0.1) is 0 Å². The third-order valence-electron chi connectivity index (χ3n) is 5.66. The minimum absolute atomic E-state index is 0.0596. The first-order chi connectivity index (χ1) is 16.3. The van der Waals surface area contributed by atoms with Crippen LogP contribution >= 0.6 is 0 Å². The molecule has 9 nitrogen and oxygen atoms in total. The van der Waals surface area contributed by atoms with Crippen molar-refractivity contribution in [2.75, 3.05) is 38.7 Å². The van der Waals surface area contributed by atoms with Gasteiger partial charge >= 0.3 is 12.0 Å². The highest BCUT2D eigenvalue weighted by Gasteiger charge is 2.25. The highest BCUT2D eigenvalue weighted by atomic mass is 16.5. The molecule has 9 heteroatoms. The van der Waals surface area contributed by atoms with Crippen molar-refractivity contribution in [3.63, 3.8) is 0 Å².